The first kappa shape index (κ1) is 24.7. The zero-order chi connectivity index (χ0) is 21.6. The van der Waals surface area contributed by atoms with E-state index in [2.05, 4.69) is 64.1 Å². The quantitative estimate of drug-likeness (QED) is 0.250. The fourth-order valence-electron chi connectivity index (χ4n) is 4.14. The highest BCUT2D eigenvalue weighted by Crippen LogP contribution is 2.26. The standard InChI is InChI=1S/C26H42O2Si2/c1-5-11-21-15-9-17-25(23(21)13-7-3)27-29-19-20-30-28-26-18-10-16-22(12-6-2)24(26)14-8-4/h9-10,15-18H,5-8,11-14,19-20,29-30H2,1-4H3. The molecule has 2 rings (SSSR count). The predicted octanol–water partition coefficient (Wildman–Crippen LogP) is 5.96. The summed E-state index contributed by atoms with van der Waals surface area (Å²) in [6.07, 6.45) is 9.32. The highest BCUT2D eigenvalue weighted by atomic mass is 28.2. The van der Waals surface area contributed by atoms with Gasteiger partial charge in [-0.25, -0.2) is 0 Å². The predicted molar refractivity (Wildman–Crippen MR) is 137 cm³/mol. The van der Waals surface area contributed by atoms with Gasteiger partial charge in [0.05, 0.1) is 0 Å². The van der Waals surface area contributed by atoms with Crippen LogP contribution in [0.2, 0.25) is 12.1 Å². The van der Waals surface area contributed by atoms with Gasteiger partial charge in [-0.15, -0.1) is 0 Å². The highest BCUT2D eigenvalue weighted by molar-refractivity contribution is 6.35. The number of rotatable bonds is 15. The molecule has 0 saturated heterocycles. The Morgan fingerprint density at radius 2 is 0.967 bits per heavy atom. The third-order valence-electron chi connectivity index (χ3n) is 5.55. The van der Waals surface area contributed by atoms with Crippen LogP contribution in [0.5, 0.6) is 11.5 Å². The number of hydrogen-bond donors (Lipinski definition) is 0. The Morgan fingerprint density at radius 3 is 1.33 bits per heavy atom. The molecular weight excluding hydrogens is 400 g/mol. The van der Waals surface area contributed by atoms with Gasteiger partial charge < -0.3 is 8.85 Å². The topological polar surface area (TPSA) is 18.5 Å². The van der Waals surface area contributed by atoms with Crippen LogP contribution in [0.4, 0.5) is 0 Å². The van der Waals surface area contributed by atoms with Crippen molar-refractivity contribution in [2.45, 2.75) is 91.1 Å². The normalized spacial score (nSPS) is 11.7. The first-order valence-corrected chi connectivity index (χ1v) is 15.4. The van der Waals surface area contributed by atoms with Crippen LogP contribution in [0.25, 0.3) is 0 Å². The fourth-order valence-corrected chi connectivity index (χ4v) is 7.04. The van der Waals surface area contributed by atoms with Crippen molar-refractivity contribution in [1.82, 2.24) is 0 Å². The second-order valence-corrected chi connectivity index (χ2v) is 11.0. The molecule has 2 nitrogen and oxygen atoms in total. The van der Waals surface area contributed by atoms with Gasteiger partial charge in [-0.3, -0.25) is 0 Å². The lowest BCUT2D eigenvalue weighted by Crippen LogP contribution is -2.10. The molecule has 0 bridgehead atoms. The third kappa shape index (κ3) is 7.62. The summed E-state index contributed by atoms with van der Waals surface area (Å²) in [7, 11) is -1.07. The highest BCUT2D eigenvalue weighted by Gasteiger charge is 2.10. The van der Waals surface area contributed by atoms with Crippen LogP contribution in [0.1, 0.15) is 75.6 Å². The Morgan fingerprint density at radius 1 is 0.567 bits per heavy atom. The van der Waals surface area contributed by atoms with E-state index in [1.54, 1.807) is 0 Å². The van der Waals surface area contributed by atoms with Gasteiger partial charge in [0, 0.05) is 0 Å². The van der Waals surface area contributed by atoms with E-state index in [0.29, 0.717) is 0 Å². The molecule has 0 amide bonds. The summed E-state index contributed by atoms with van der Waals surface area (Å²) in [5, 5.41) is 0. The molecule has 0 aliphatic heterocycles. The molecule has 0 aliphatic carbocycles. The second kappa shape index (κ2) is 14.5. The smallest absolute Gasteiger partial charge is 0.219 e. The minimum absolute atomic E-state index is 0.536. The third-order valence-corrected chi connectivity index (χ3v) is 9.16. The lowest BCUT2D eigenvalue weighted by molar-refractivity contribution is 0.569. The van der Waals surface area contributed by atoms with E-state index in [0.717, 1.165) is 37.2 Å². The summed E-state index contributed by atoms with van der Waals surface area (Å²) in [5.41, 5.74) is 5.89. The molecule has 2 aromatic rings. The van der Waals surface area contributed by atoms with Crippen molar-refractivity contribution in [1.29, 1.82) is 0 Å². The summed E-state index contributed by atoms with van der Waals surface area (Å²) in [6, 6.07) is 15.7. The molecule has 0 N–H and O–H groups in total. The van der Waals surface area contributed by atoms with E-state index in [1.165, 1.54) is 60.0 Å². The summed E-state index contributed by atoms with van der Waals surface area (Å²) >= 11 is 0. The number of aryl methyl sites for hydroxylation is 2. The summed E-state index contributed by atoms with van der Waals surface area (Å²) in [6.45, 7) is 9.03. The van der Waals surface area contributed by atoms with Gasteiger partial charge in [0.2, 0.25) is 19.5 Å². The monoisotopic (exact) mass is 442 g/mol. The van der Waals surface area contributed by atoms with Crippen molar-refractivity contribution in [3.8, 4) is 11.5 Å². The van der Waals surface area contributed by atoms with Crippen molar-refractivity contribution in [2.24, 2.45) is 0 Å². The van der Waals surface area contributed by atoms with Crippen LogP contribution in [0.3, 0.4) is 0 Å². The van der Waals surface area contributed by atoms with E-state index in [1.807, 2.05) is 0 Å². The lowest BCUT2D eigenvalue weighted by atomic mass is 9.99. The van der Waals surface area contributed by atoms with Crippen LogP contribution < -0.4 is 8.85 Å². The molecule has 0 aromatic heterocycles. The molecule has 0 spiro atoms. The van der Waals surface area contributed by atoms with Gasteiger partial charge >= 0.3 is 0 Å². The van der Waals surface area contributed by atoms with Gasteiger partial charge in [-0.2, -0.15) is 0 Å². The maximum absolute atomic E-state index is 6.35. The Kier molecular flexibility index (Phi) is 11.9. The van der Waals surface area contributed by atoms with Gasteiger partial charge in [-0.1, -0.05) is 77.6 Å². The summed E-state index contributed by atoms with van der Waals surface area (Å²) in [5.74, 6) is 2.32. The molecule has 0 atom stereocenters. The Balaban J connectivity index is 1.84. The van der Waals surface area contributed by atoms with Gasteiger partial charge in [-0.05, 0) is 72.2 Å². The van der Waals surface area contributed by atoms with Crippen LogP contribution >= 0.6 is 0 Å². The molecule has 0 radical (unpaired) electrons. The molecule has 0 fully saturated rings. The van der Waals surface area contributed by atoms with Crippen LogP contribution in [-0.4, -0.2) is 19.5 Å². The zero-order valence-corrected chi connectivity index (χ0v) is 22.6. The average molecular weight is 443 g/mol. The van der Waals surface area contributed by atoms with E-state index in [9.17, 15) is 0 Å². The maximum atomic E-state index is 6.35. The summed E-state index contributed by atoms with van der Waals surface area (Å²) in [4.78, 5) is 0. The minimum Gasteiger partial charge on any atom is -0.549 e. The molecular formula is C26H42O2Si2. The van der Waals surface area contributed by atoms with Crippen LogP contribution in [-0.2, 0) is 25.7 Å². The first-order chi connectivity index (χ1) is 14.7. The molecule has 0 heterocycles. The maximum Gasteiger partial charge on any atom is 0.219 e. The number of hydrogen-bond acceptors (Lipinski definition) is 2. The molecule has 4 heteroatoms. The molecule has 30 heavy (non-hydrogen) atoms. The first-order valence-electron chi connectivity index (χ1n) is 12.2. The summed E-state index contributed by atoms with van der Waals surface area (Å²) < 4.78 is 12.7. The van der Waals surface area contributed by atoms with E-state index in [-0.39, 0.29) is 0 Å². The van der Waals surface area contributed by atoms with E-state index >= 15 is 0 Å². The lowest BCUT2D eigenvalue weighted by Gasteiger charge is -2.16. The largest absolute Gasteiger partial charge is 0.549 e. The molecule has 166 valence electrons. The SMILES string of the molecule is CCCc1cccc(O[SiH2]CC[SiH2]Oc2cccc(CCC)c2CCC)c1CCC. The van der Waals surface area contributed by atoms with Crippen molar-refractivity contribution in [2.75, 3.05) is 0 Å². The molecule has 0 saturated carbocycles. The average Bonchev–Trinajstić information content (AvgIpc) is 2.75. The fraction of sp³-hybridized carbons (Fsp3) is 0.538. The molecule has 0 aliphatic rings. The van der Waals surface area contributed by atoms with Crippen LogP contribution in [0.15, 0.2) is 36.4 Å². The Labute approximate surface area is 189 Å². The Hall–Kier alpha value is -1.53. The molecule has 0 unspecified atom stereocenters. The molecule has 2 aromatic carbocycles. The van der Waals surface area contributed by atoms with E-state index < -0.39 is 19.5 Å². The van der Waals surface area contributed by atoms with Gasteiger partial charge in [0.1, 0.15) is 11.5 Å². The van der Waals surface area contributed by atoms with E-state index in [4.69, 9.17) is 8.85 Å². The zero-order valence-electron chi connectivity index (χ0n) is 19.8. The van der Waals surface area contributed by atoms with Crippen molar-refractivity contribution in [3.63, 3.8) is 0 Å². The minimum atomic E-state index is -0.536. The van der Waals surface area contributed by atoms with Crippen molar-refractivity contribution >= 4 is 19.5 Å². The second-order valence-electron chi connectivity index (χ2n) is 8.19. The van der Waals surface area contributed by atoms with Crippen LogP contribution in [0, 0.1) is 0 Å². The van der Waals surface area contributed by atoms with Gasteiger partial charge in [0.25, 0.3) is 0 Å². The van der Waals surface area contributed by atoms with Gasteiger partial charge in [0.15, 0.2) is 0 Å². The van der Waals surface area contributed by atoms with Crippen molar-refractivity contribution in [3.05, 3.63) is 58.7 Å². The number of benzene rings is 2. The van der Waals surface area contributed by atoms with Crippen molar-refractivity contribution < 1.29 is 8.85 Å². The Bertz CT molecular complexity index is 682.